The molecule has 1 N–H and O–H groups in total. The first-order valence-electron chi connectivity index (χ1n) is 10.7. The second-order valence-corrected chi connectivity index (χ2v) is 8.63. The van der Waals surface area contributed by atoms with Crippen LogP contribution in [0.3, 0.4) is 0 Å². The van der Waals surface area contributed by atoms with Crippen LogP contribution in [0.4, 0.5) is 0 Å². The lowest BCUT2D eigenvalue weighted by molar-refractivity contribution is -0.149. The van der Waals surface area contributed by atoms with E-state index in [9.17, 15) is 9.59 Å². The summed E-state index contributed by atoms with van der Waals surface area (Å²) in [5.41, 5.74) is 4.61. The molecule has 2 heterocycles. The van der Waals surface area contributed by atoms with Gasteiger partial charge in [-0.2, -0.15) is 0 Å². The van der Waals surface area contributed by atoms with Crippen molar-refractivity contribution in [3.8, 4) is 16.9 Å². The summed E-state index contributed by atoms with van der Waals surface area (Å²) in [5, 5.41) is 3.80. The third-order valence-electron chi connectivity index (χ3n) is 6.22. The molecule has 3 aliphatic rings. The molecule has 1 fully saturated rings. The molecule has 5 rings (SSSR count). The number of benzene rings is 2. The molecule has 3 unspecified atom stereocenters. The van der Waals surface area contributed by atoms with Crippen LogP contribution in [-0.4, -0.2) is 43.2 Å². The summed E-state index contributed by atoms with van der Waals surface area (Å²) >= 11 is 6.11. The highest BCUT2D eigenvalue weighted by atomic mass is 35.5. The number of carbonyl (C=O) groups excluding carboxylic acids is 2. The number of aryl methyl sites for hydroxylation is 1. The Hall–Kier alpha value is -2.41. The maximum Gasteiger partial charge on any atom is 0.323 e. The Morgan fingerprint density at radius 3 is 2.90 bits per heavy atom. The second kappa shape index (κ2) is 8.26. The van der Waals surface area contributed by atoms with Crippen LogP contribution in [0.25, 0.3) is 11.1 Å². The van der Waals surface area contributed by atoms with E-state index in [-0.39, 0.29) is 17.9 Å². The Labute approximate surface area is 185 Å². The van der Waals surface area contributed by atoms with Crippen molar-refractivity contribution in [2.24, 2.45) is 0 Å². The van der Waals surface area contributed by atoms with Gasteiger partial charge in [0.25, 0.3) is 0 Å². The molecule has 2 aromatic rings. The third-order valence-corrected chi connectivity index (χ3v) is 6.45. The lowest BCUT2D eigenvalue weighted by Crippen LogP contribution is -2.39. The van der Waals surface area contributed by atoms with Gasteiger partial charge in [-0.05, 0) is 60.7 Å². The number of Topliss-reactive ketones (excluding diaryl/α,β-unsaturated/α-hetero) is 1. The van der Waals surface area contributed by atoms with E-state index in [1.54, 1.807) is 6.07 Å². The molecule has 1 saturated heterocycles. The van der Waals surface area contributed by atoms with Crippen LogP contribution in [0.1, 0.15) is 41.3 Å². The molecule has 1 aliphatic carbocycles. The molecule has 3 atom stereocenters. The number of ketones is 1. The monoisotopic (exact) mass is 441 g/mol. The summed E-state index contributed by atoms with van der Waals surface area (Å²) in [6, 6.07) is 9.16. The van der Waals surface area contributed by atoms with E-state index in [1.807, 2.05) is 31.2 Å². The van der Waals surface area contributed by atoms with Crippen LogP contribution in [-0.2, 0) is 27.3 Å². The summed E-state index contributed by atoms with van der Waals surface area (Å²) in [4.78, 5) is 25.7. The summed E-state index contributed by atoms with van der Waals surface area (Å²) in [7, 11) is 0. The molecule has 7 heteroatoms. The summed E-state index contributed by atoms with van der Waals surface area (Å²) < 4.78 is 17.1. The van der Waals surface area contributed by atoms with Gasteiger partial charge in [0.05, 0.1) is 6.10 Å². The Bertz CT molecular complexity index is 1050. The predicted molar refractivity (Wildman–Crippen MR) is 116 cm³/mol. The molecule has 0 saturated carbocycles. The van der Waals surface area contributed by atoms with Gasteiger partial charge < -0.3 is 19.5 Å². The van der Waals surface area contributed by atoms with Gasteiger partial charge in [-0.15, -0.1) is 0 Å². The minimum atomic E-state index is -0.763. The first-order valence-corrected chi connectivity index (χ1v) is 11.1. The smallest absolute Gasteiger partial charge is 0.323 e. The van der Waals surface area contributed by atoms with Gasteiger partial charge in [-0.3, -0.25) is 9.59 Å². The first-order chi connectivity index (χ1) is 15.0. The predicted octanol–water partition coefficient (Wildman–Crippen LogP) is 3.71. The summed E-state index contributed by atoms with van der Waals surface area (Å²) in [6.45, 7) is 3.56. The largest absolute Gasteiger partial charge is 0.488 e. The van der Waals surface area contributed by atoms with E-state index >= 15 is 0 Å². The number of fused-ring (bicyclic) bond motifs is 4. The summed E-state index contributed by atoms with van der Waals surface area (Å²) in [5.74, 6) is 0.122. The zero-order chi connectivity index (χ0) is 21.5. The maximum atomic E-state index is 13.1. The summed E-state index contributed by atoms with van der Waals surface area (Å²) in [6.07, 6.45) is 0.947. The van der Waals surface area contributed by atoms with Crippen LogP contribution in [0.15, 0.2) is 30.3 Å². The zero-order valence-electron chi connectivity index (χ0n) is 17.3. The lowest BCUT2D eigenvalue weighted by Gasteiger charge is -2.28. The Morgan fingerprint density at radius 1 is 1.19 bits per heavy atom. The minimum absolute atomic E-state index is 0.00626. The van der Waals surface area contributed by atoms with E-state index in [0.29, 0.717) is 55.4 Å². The molecule has 2 aromatic carbocycles. The van der Waals surface area contributed by atoms with Gasteiger partial charge in [0.1, 0.15) is 18.4 Å². The van der Waals surface area contributed by atoms with Crippen LogP contribution < -0.4 is 10.1 Å². The fourth-order valence-electron chi connectivity index (χ4n) is 4.66. The van der Waals surface area contributed by atoms with E-state index < -0.39 is 12.1 Å². The number of halogens is 1. The molecule has 0 amide bonds. The Balaban J connectivity index is 1.34. The fourth-order valence-corrected chi connectivity index (χ4v) is 4.86. The van der Waals surface area contributed by atoms with Gasteiger partial charge in [0.15, 0.2) is 6.10 Å². The molecule has 0 spiro atoms. The lowest BCUT2D eigenvalue weighted by atomic mass is 9.85. The van der Waals surface area contributed by atoms with Gasteiger partial charge in [-0.25, -0.2) is 0 Å². The number of nitrogens with one attached hydrogen (secondary N) is 1. The van der Waals surface area contributed by atoms with Crippen molar-refractivity contribution in [3.63, 3.8) is 0 Å². The average molecular weight is 442 g/mol. The Morgan fingerprint density at radius 2 is 2.06 bits per heavy atom. The van der Waals surface area contributed by atoms with Crippen LogP contribution in [0, 0.1) is 0 Å². The van der Waals surface area contributed by atoms with Crippen LogP contribution in [0.5, 0.6) is 5.75 Å². The van der Waals surface area contributed by atoms with Crippen molar-refractivity contribution in [2.45, 2.75) is 51.0 Å². The van der Waals surface area contributed by atoms with E-state index in [2.05, 4.69) is 5.32 Å². The van der Waals surface area contributed by atoms with Gasteiger partial charge in [0, 0.05) is 35.7 Å². The van der Waals surface area contributed by atoms with E-state index in [1.165, 1.54) is 0 Å². The van der Waals surface area contributed by atoms with Crippen molar-refractivity contribution in [1.29, 1.82) is 0 Å². The highest BCUT2D eigenvalue weighted by Crippen LogP contribution is 2.41. The number of hydrogen-bond donors (Lipinski definition) is 1. The van der Waals surface area contributed by atoms with Crippen molar-refractivity contribution < 1.29 is 23.8 Å². The number of carbonyl (C=O) groups is 2. The van der Waals surface area contributed by atoms with Crippen molar-refractivity contribution >= 4 is 23.4 Å². The maximum absolute atomic E-state index is 13.1. The minimum Gasteiger partial charge on any atom is -0.488 e. The molecule has 0 aromatic heterocycles. The number of esters is 1. The van der Waals surface area contributed by atoms with Crippen LogP contribution in [0.2, 0.25) is 5.02 Å². The van der Waals surface area contributed by atoms with E-state index in [0.717, 1.165) is 22.3 Å². The van der Waals surface area contributed by atoms with E-state index in [4.69, 9.17) is 25.8 Å². The van der Waals surface area contributed by atoms with Crippen molar-refractivity contribution in [2.75, 3.05) is 13.2 Å². The standard InChI is InChI=1S/C24H24ClNO5/c1-2-29-16-9-20(26-11-16)24(28)31-21-6-3-13-8-19-17-5-4-15(25)7-14(17)12-30-22(19)10-18(13)23(21)27/h4-5,7-8,10,16,20-21,26H,2-3,6,9,11-12H2,1H3. The fraction of sp³-hybridized carbons (Fsp3) is 0.417. The normalized spacial score (nSPS) is 24.1. The highest BCUT2D eigenvalue weighted by Gasteiger charge is 2.36. The topological polar surface area (TPSA) is 73.9 Å². The average Bonchev–Trinajstić information content (AvgIpc) is 3.23. The number of hydrogen-bond acceptors (Lipinski definition) is 6. The highest BCUT2D eigenvalue weighted by molar-refractivity contribution is 6.30. The molecular formula is C24H24ClNO5. The van der Waals surface area contributed by atoms with Gasteiger partial charge in [0.2, 0.25) is 5.78 Å². The first kappa shape index (κ1) is 20.5. The zero-order valence-corrected chi connectivity index (χ0v) is 18.0. The molecule has 6 nitrogen and oxygen atoms in total. The molecule has 0 bridgehead atoms. The molecule has 31 heavy (non-hydrogen) atoms. The number of rotatable bonds is 4. The SMILES string of the molecule is CCOC1CNC(C(=O)OC2CCc3cc4c(cc3C2=O)OCc2cc(Cl)ccc2-4)C1. The third kappa shape index (κ3) is 3.84. The Kier molecular flexibility index (Phi) is 5.46. The quantitative estimate of drug-likeness (QED) is 0.729. The van der Waals surface area contributed by atoms with Gasteiger partial charge >= 0.3 is 5.97 Å². The molecule has 0 radical (unpaired) electrons. The van der Waals surface area contributed by atoms with Gasteiger partial charge in [-0.1, -0.05) is 17.7 Å². The number of ether oxygens (including phenoxy) is 3. The molecule has 162 valence electrons. The molecule has 2 aliphatic heterocycles. The second-order valence-electron chi connectivity index (χ2n) is 8.20. The van der Waals surface area contributed by atoms with Crippen molar-refractivity contribution in [3.05, 3.63) is 52.0 Å². The van der Waals surface area contributed by atoms with Crippen molar-refractivity contribution in [1.82, 2.24) is 5.32 Å². The molecular weight excluding hydrogens is 418 g/mol. The van der Waals surface area contributed by atoms with Crippen LogP contribution >= 0.6 is 11.6 Å².